The monoisotopic (exact) mass is 550 g/mol. The van der Waals surface area contributed by atoms with Crippen molar-refractivity contribution in [3.05, 3.63) is 74.1 Å². The zero-order valence-electron chi connectivity index (χ0n) is 15.0. The molecule has 1 heterocycles. The Morgan fingerprint density at radius 3 is 2.69 bits per heavy atom. The second-order valence-corrected chi connectivity index (χ2v) is 9.34. The molecule has 0 radical (unpaired) electrons. The van der Waals surface area contributed by atoms with Gasteiger partial charge in [-0.3, -0.25) is 4.79 Å². The minimum absolute atomic E-state index is 0.298. The molecule has 0 unspecified atom stereocenters. The smallest absolute Gasteiger partial charge is 0.259 e. The van der Waals surface area contributed by atoms with Gasteiger partial charge in [-0.25, -0.2) is 4.98 Å². The number of hydrogen-bond donors (Lipinski definition) is 1. The van der Waals surface area contributed by atoms with Gasteiger partial charge in [0.05, 0.1) is 33.0 Å². The number of halogens is 3. The van der Waals surface area contributed by atoms with Gasteiger partial charge in [-0.1, -0.05) is 39.7 Å². The Balaban J connectivity index is 1.76. The molecule has 1 N–H and O–H groups in total. The van der Waals surface area contributed by atoms with Gasteiger partial charge in [-0.2, -0.15) is 0 Å². The Hall–Kier alpha value is -1.93. The van der Waals surface area contributed by atoms with E-state index in [1.54, 1.807) is 29.5 Å². The lowest BCUT2D eigenvalue weighted by atomic mass is 10.1. The van der Waals surface area contributed by atoms with Crippen LogP contribution < -0.4 is 10.1 Å². The number of carbonyl (C=O) groups is 1. The zero-order chi connectivity index (χ0) is 20.5. The molecule has 8 heteroatoms. The number of carbonyl (C=O) groups excluding carboxylic acids is 1. The first-order valence-electron chi connectivity index (χ1n) is 8.46. The number of para-hydroxylation sites is 1. The van der Waals surface area contributed by atoms with Crippen LogP contribution in [0.4, 0.5) is 5.69 Å². The number of fused-ring (bicyclic) bond motifs is 1. The third kappa shape index (κ3) is 4.19. The summed E-state index contributed by atoms with van der Waals surface area (Å²) >= 11 is 14.6. The number of thiazole rings is 1. The van der Waals surface area contributed by atoms with Crippen molar-refractivity contribution in [2.24, 2.45) is 0 Å². The predicted octanol–water partition coefficient (Wildman–Crippen LogP) is 7.40. The first kappa shape index (κ1) is 20.3. The molecule has 146 valence electrons. The van der Waals surface area contributed by atoms with Crippen LogP contribution in [-0.2, 0) is 0 Å². The molecule has 1 amide bonds. The molecule has 0 atom stereocenters. The van der Waals surface area contributed by atoms with Crippen molar-refractivity contribution in [3.8, 4) is 16.3 Å². The third-order valence-electron chi connectivity index (χ3n) is 4.21. The van der Waals surface area contributed by atoms with E-state index in [0.29, 0.717) is 26.5 Å². The molecule has 4 rings (SSSR count). The lowest BCUT2D eigenvalue weighted by Crippen LogP contribution is -2.14. The molecule has 0 saturated heterocycles. The highest BCUT2D eigenvalue weighted by Crippen LogP contribution is 2.37. The van der Waals surface area contributed by atoms with E-state index in [1.165, 1.54) is 7.11 Å². The zero-order valence-corrected chi connectivity index (χ0v) is 19.7. The molecule has 0 aliphatic carbocycles. The molecule has 0 fully saturated rings. The van der Waals surface area contributed by atoms with Crippen molar-refractivity contribution < 1.29 is 9.53 Å². The van der Waals surface area contributed by atoms with E-state index in [9.17, 15) is 4.79 Å². The number of aromatic nitrogens is 1. The van der Waals surface area contributed by atoms with Gasteiger partial charge in [0.1, 0.15) is 10.8 Å². The van der Waals surface area contributed by atoms with Crippen LogP contribution in [0.1, 0.15) is 10.4 Å². The minimum Gasteiger partial charge on any atom is -0.495 e. The van der Waals surface area contributed by atoms with Crippen molar-refractivity contribution in [1.29, 1.82) is 0 Å². The van der Waals surface area contributed by atoms with Gasteiger partial charge >= 0.3 is 0 Å². The summed E-state index contributed by atoms with van der Waals surface area (Å²) < 4.78 is 7.92. The number of benzene rings is 3. The van der Waals surface area contributed by atoms with Crippen LogP contribution in [0.3, 0.4) is 0 Å². The van der Waals surface area contributed by atoms with E-state index in [2.05, 4.69) is 37.2 Å². The standard InChI is InChI=1S/C21H13Br2ClN2O2S/c1-28-19-14(8-11(22)9-15(19)23)20(27)25-16-7-6-12(24)10-13(16)21-26-17-4-2-3-5-18(17)29-21/h2-10H,1H3,(H,25,27). The molecule has 0 aliphatic rings. The highest BCUT2D eigenvalue weighted by atomic mass is 79.9. The summed E-state index contributed by atoms with van der Waals surface area (Å²) in [5.74, 6) is 0.162. The molecule has 4 aromatic rings. The molecule has 3 aromatic carbocycles. The fourth-order valence-electron chi connectivity index (χ4n) is 2.92. The number of rotatable bonds is 4. The molecule has 29 heavy (non-hydrogen) atoms. The quantitative estimate of drug-likeness (QED) is 0.287. The second-order valence-electron chi connectivity index (χ2n) is 6.10. The minimum atomic E-state index is -0.298. The van der Waals surface area contributed by atoms with Gasteiger partial charge in [0, 0.05) is 15.1 Å². The Morgan fingerprint density at radius 1 is 1.14 bits per heavy atom. The third-order valence-corrected chi connectivity index (χ3v) is 6.56. The van der Waals surface area contributed by atoms with Crippen LogP contribution in [0.15, 0.2) is 63.5 Å². The largest absolute Gasteiger partial charge is 0.495 e. The number of nitrogens with zero attached hydrogens (tertiary/aromatic N) is 1. The maximum absolute atomic E-state index is 13.1. The summed E-state index contributed by atoms with van der Waals surface area (Å²) in [4.78, 5) is 17.8. The van der Waals surface area contributed by atoms with E-state index in [1.807, 2.05) is 36.4 Å². The van der Waals surface area contributed by atoms with Gasteiger partial charge in [-0.15, -0.1) is 11.3 Å². The van der Waals surface area contributed by atoms with Crippen molar-refractivity contribution in [2.75, 3.05) is 12.4 Å². The fraction of sp³-hybridized carbons (Fsp3) is 0.0476. The molecule has 0 bridgehead atoms. The summed E-state index contributed by atoms with van der Waals surface area (Å²) in [6, 6.07) is 16.8. The van der Waals surface area contributed by atoms with Crippen LogP contribution >= 0.6 is 54.8 Å². The second kappa shape index (κ2) is 8.44. The number of amides is 1. The highest BCUT2D eigenvalue weighted by Gasteiger charge is 2.19. The van der Waals surface area contributed by atoms with Crippen molar-refractivity contribution in [2.45, 2.75) is 0 Å². The van der Waals surface area contributed by atoms with Gasteiger partial charge in [-0.05, 0) is 58.4 Å². The average molecular weight is 553 g/mol. The lowest BCUT2D eigenvalue weighted by molar-refractivity contribution is 0.102. The van der Waals surface area contributed by atoms with Gasteiger partial charge in [0.25, 0.3) is 5.91 Å². The van der Waals surface area contributed by atoms with E-state index in [0.717, 1.165) is 25.3 Å². The topological polar surface area (TPSA) is 51.2 Å². The first-order chi connectivity index (χ1) is 14.0. The van der Waals surface area contributed by atoms with Gasteiger partial charge in [0.15, 0.2) is 0 Å². The van der Waals surface area contributed by atoms with Crippen LogP contribution in [0.5, 0.6) is 5.75 Å². The molecular weight excluding hydrogens is 540 g/mol. The summed E-state index contributed by atoms with van der Waals surface area (Å²) in [5.41, 5.74) is 2.69. The van der Waals surface area contributed by atoms with E-state index >= 15 is 0 Å². The maximum Gasteiger partial charge on any atom is 0.259 e. The lowest BCUT2D eigenvalue weighted by Gasteiger charge is -2.13. The SMILES string of the molecule is COc1c(Br)cc(Br)cc1C(=O)Nc1ccc(Cl)cc1-c1nc2ccccc2s1. The number of hydrogen-bond acceptors (Lipinski definition) is 4. The van der Waals surface area contributed by atoms with Crippen molar-refractivity contribution in [1.82, 2.24) is 4.98 Å². The Morgan fingerprint density at radius 2 is 1.93 bits per heavy atom. The van der Waals surface area contributed by atoms with Crippen LogP contribution in [-0.4, -0.2) is 18.0 Å². The maximum atomic E-state index is 13.1. The van der Waals surface area contributed by atoms with Crippen LogP contribution in [0.2, 0.25) is 5.02 Å². The molecule has 1 aromatic heterocycles. The van der Waals surface area contributed by atoms with Gasteiger partial charge in [0.2, 0.25) is 0 Å². The Bertz CT molecular complexity index is 1210. The fourth-order valence-corrected chi connectivity index (χ4v) is 5.47. The van der Waals surface area contributed by atoms with E-state index in [4.69, 9.17) is 21.3 Å². The van der Waals surface area contributed by atoms with Crippen LogP contribution in [0.25, 0.3) is 20.8 Å². The number of nitrogens with one attached hydrogen (secondary N) is 1. The molecule has 0 saturated carbocycles. The first-order valence-corrected chi connectivity index (χ1v) is 11.2. The van der Waals surface area contributed by atoms with E-state index in [-0.39, 0.29) is 5.91 Å². The summed E-state index contributed by atoms with van der Waals surface area (Å²) in [5, 5.41) is 4.33. The highest BCUT2D eigenvalue weighted by molar-refractivity contribution is 9.11. The Labute approximate surface area is 193 Å². The summed E-state index contributed by atoms with van der Waals surface area (Å²) in [6.45, 7) is 0. The molecule has 0 spiro atoms. The normalized spacial score (nSPS) is 10.9. The summed E-state index contributed by atoms with van der Waals surface area (Å²) in [6.07, 6.45) is 0. The van der Waals surface area contributed by atoms with Crippen LogP contribution in [0, 0.1) is 0 Å². The predicted molar refractivity (Wildman–Crippen MR) is 126 cm³/mol. The molecule has 4 nitrogen and oxygen atoms in total. The number of methoxy groups -OCH3 is 1. The molecular formula is C21H13Br2ClN2O2S. The molecule has 0 aliphatic heterocycles. The number of ether oxygens (including phenoxy) is 1. The van der Waals surface area contributed by atoms with E-state index < -0.39 is 0 Å². The van der Waals surface area contributed by atoms with Crippen molar-refractivity contribution in [3.63, 3.8) is 0 Å². The Kier molecular flexibility index (Phi) is 5.92. The number of anilines is 1. The van der Waals surface area contributed by atoms with Gasteiger partial charge < -0.3 is 10.1 Å². The van der Waals surface area contributed by atoms with Crippen molar-refractivity contribution >= 4 is 76.6 Å². The average Bonchev–Trinajstić information content (AvgIpc) is 3.12. The summed E-state index contributed by atoms with van der Waals surface area (Å²) in [7, 11) is 1.53.